The van der Waals surface area contributed by atoms with E-state index in [1.807, 2.05) is 13.8 Å². The summed E-state index contributed by atoms with van der Waals surface area (Å²) >= 11 is 0. The van der Waals surface area contributed by atoms with E-state index in [0.717, 1.165) is 49.1 Å². The molecule has 3 aromatic rings. The smallest absolute Gasteiger partial charge is 0.254 e. The van der Waals surface area contributed by atoms with Gasteiger partial charge in [-0.1, -0.05) is 0 Å². The molecule has 0 radical (unpaired) electrons. The van der Waals surface area contributed by atoms with E-state index >= 15 is 0 Å². The highest BCUT2D eigenvalue weighted by Gasteiger charge is 2.26. The average molecular weight is 298 g/mol. The van der Waals surface area contributed by atoms with E-state index in [2.05, 4.69) is 41.2 Å². The summed E-state index contributed by atoms with van der Waals surface area (Å²) in [5.41, 5.74) is 0.950. The van der Waals surface area contributed by atoms with Gasteiger partial charge in [0.05, 0.1) is 0 Å². The lowest BCUT2D eigenvalue weighted by atomic mass is 9.97. The van der Waals surface area contributed by atoms with Gasteiger partial charge in [0.1, 0.15) is 18.0 Å². The van der Waals surface area contributed by atoms with Gasteiger partial charge in [-0.25, -0.2) is 9.97 Å². The van der Waals surface area contributed by atoms with Gasteiger partial charge in [-0.05, 0) is 26.7 Å². The highest BCUT2D eigenvalue weighted by molar-refractivity contribution is 5.47. The number of hydrogen-bond donors (Lipinski definition) is 1. The fourth-order valence-electron chi connectivity index (χ4n) is 3.08. The van der Waals surface area contributed by atoms with Crippen molar-refractivity contribution in [1.82, 2.24) is 34.8 Å². The zero-order valence-corrected chi connectivity index (χ0v) is 12.7. The molecule has 0 amide bonds. The quantitative estimate of drug-likeness (QED) is 0.766. The van der Waals surface area contributed by atoms with Crippen LogP contribution in [0.15, 0.2) is 12.4 Å². The van der Waals surface area contributed by atoms with Crippen LogP contribution in [-0.4, -0.2) is 47.9 Å². The Labute approximate surface area is 127 Å². The summed E-state index contributed by atoms with van der Waals surface area (Å²) in [6.07, 6.45) is 3.76. The predicted molar refractivity (Wildman–Crippen MR) is 80.8 cm³/mol. The molecule has 1 unspecified atom stereocenters. The second kappa shape index (κ2) is 5.04. The van der Waals surface area contributed by atoms with Crippen molar-refractivity contribution in [2.24, 2.45) is 0 Å². The van der Waals surface area contributed by atoms with Gasteiger partial charge >= 0.3 is 0 Å². The fraction of sp³-hybridized carbons (Fsp3) is 0.500. The molecule has 114 valence electrons. The maximum absolute atomic E-state index is 4.49. The molecule has 1 atom stereocenters. The first-order valence-corrected chi connectivity index (χ1v) is 7.52. The zero-order valence-electron chi connectivity index (χ0n) is 12.7. The Bertz CT molecular complexity index is 804. The number of aromatic amines is 1. The maximum atomic E-state index is 4.49. The molecule has 3 aromatic heterocycles. The van der Waals surface area contributed by atoms with E-state index < -0.39 is 0 Å². The van der Waals surface area contributed by atoms with Crippen LogP contribution < -0.4 is 4.90 Å². The number of piperidine rings is 1. The number of anilines is 1. The molecule has 0 aliphatic carbocycles. The Morgan fingerprint density at radius 3 is 3.00 bits per heavy atom. The van der Waals surface area contributed by atoms with Crippen molar-refractivity contribution in [3.63, 3.8) is 0 Å². The molecule has 0 spiro atoms. The SMILES string of the molecule is Cc1cc(N2CCCC(c3n[nH]c(C)n3)C2)n2ncnc2n1. The molecular formula is C14H18N8. The number of rotatable bonds is 2. The third-order valence-electron chi connectivity index (χ3n) is 4.09. The molecule has 4 rings (SSSR count). The van der Waals surface area contributed by atoms with E-state index in [1.54, 1.807) is 10.8 Å². The number of hydrogen-bond acceptors (Lipinski definition) is 6. The molecule has 0 aromatic carbocycles. The van der Waals surface area contributed by atoms with Crippen molar-refractivity contribution in [1.29, 1.82) is 0 Å². The van der Waals surface area contributed by atoms with Crippen LogP contribution in [-0.2, 0) is 0 Å². The summed E-state index contributed by atoms with van der Waals surface area (Å²) in [7, 11) is 0. The topological polar surface area (TPSA) is 87.9 Å². The van der Waals surface area contributed by atoms with Gasteiger partial charge in [0.2, 0.25) is 0 Å². The minimum Gasteiger partial charge on any atom is -0.356 e. The molecule has 8 nitrogen and oxygen atoms in total. The number of nitrogens with one attached hydrogen (secondary N) is 1. The van der Waals surface area contributed by atoms with Crippen LogP contribution in [0.5, 0.6) is 0 Å². The third-order valence-corrected chi connectivity index (χ3v) is 4.09. The summed E-state index contributed by atoms with van der Waals surface area (Å²) in [4.78, 5) is 15.4. The molecule has 1 N–H and O–H groups in total. The maximum Gasteiger partial charge on any atom is 0.254 e. The summed E-state index contributed by atoms with van der Waals surface area (Å²) in [5, 5.41) is 11.6. The number of aryl methyl sites for hydroxylation is 2. The Morgan fingerprint density at radius 1 is 1.27 bits per heavy atom. The lowest BCUT2D eigenvalue weighted by Gasteiger charge is -2.33. The number of nitrogens with zero attached hydrogens (tertiary/aromatic N) is 7. The van der Waals surface area contributed by atoms with Crippen molar-refractivity contribution < 1.29 is 0 Å². The summed E-state index contributed by atoms with van der Waals surface area (Å²) in [5.74, 6) is 3.79. The predicted octanol–water partition coefficient (Wildman–Crippen LogP) is 1.24. The standard InChI is InChI=1S/C14H18N8/c1-9-6-12(22-14(17-9)15-8-16-22)21-5-3-4-11(7-21)13-18-10(2)19-20-13/h6,8,11H,3-5,7H2,1-2H3,(H,18,19,20). The van der Waals surface area contributed by atoms with Gasteiger partial charge in [0.25, 0.3) is 5.78 Å². The van der Waals surface area contributed by atoms with Gasteiger partial charge in [-0.2, -0.15) is 19.7 Å². The van der Waals surface area contributed by atoms with Crippen molar-refractivity contribution >= 4 is 11.6 Å². The van der Waals surface area contributed by atoms with Gasteiger partial charge in [-0.3, -0.25) is 5.10 Å². The van der Waals surface area contributed by atoms with Crippen LogP contribution in [0.4, 0.5) is 5.82 Å². The normalized spacial score (nSPS) is 19.0. The van der Waals surface area contributed by atoms with Gasteiger partial charge < -0.3 is 4.90 Å². The molecule has 0 bridgehead atoms. The number of fused-ring (bicyclic) bond motifs is 1. The summed E-state index contributed by atoms with van der Waals surface area (Å²) in [6, 6.07) is 2.06. The zero-order chi connectivity index (χ0) is 15.1. The van der Waals surface area contributed by atoms with E-state index in [0.29, 0.717) is 11.7 Å². The Morgan fingerprint density at radius 2 is 2.18 bits per heavy atom. The van der Waals surface area contributed by atoms with Crippen molar-refractivity contribution in [3.05, 3.63) is 29.7 Å². The molecular weight excluding hydrogens is 280 g/mol. The minimum absolute atomic E-state index is 0.339. The van der Waals surface area contributed by atoms with Crippen molar-refractivity contribution in [3.8, 4) is 0 Å². The molecule has 1 fully saturated rings. The molecule has 0 saturated carbocycles. The third kappa shape index (κ3) is 2.20. The van der Waals surface area contributed by atoms with Crippen molar-refractivity contribution in [2.45, 2.75) is 32.6 Å². The van der Waals surface area contributed by atoms with E-state index in [1.165, 1.54) is 0 Å². The van der Waals surface area contributed by atoms with Gasteiger partial charge in [0.15, 0.2) is 5.82 Å². The first-order chi connectivity index (χ1) is 10.7. The molecule has 1 aliphatic rings. The lowest BCUT2D eigenvalue weighted by molar-refractivity contribution is 0.487. The first-order valence-electron chi connectivity index (χ1n) is 7.52. The van der Waals surface area contributed by atoms with Gasteiger partial charge in [-0.15, -0.1) is 0 Å². The fourth-order valence-corrected chi connectivity index (χ4v) is 3.08. The molecule has 1 aliphatic heterocycles. The molecule has 1 saturated heterocycles. The van der Waals surface area contributed by atoms with E-state index in [-0.39, 0.29) is 0 Å². The Hall–Kier alpha value is -2.51. The molecule has 22 heavy (non-hydrogen) atoms. The summed E-state index contributed by atoms with van der Waals surface area (Å²) < 4.78 is 1.80. The van der Waals surface area contributed by atoms with Crippen LogP contribution in [0.2, 0.25) is 0 Å². The Balaban J connectivity index is 1.68. The summed E-state index contributed by atoms with van der Waals surface area (Å²) in [6.45, 7) is 5.80. The van der Waals surface area contributed by atoms with E-state index in [4.69, 9.17) is 0 Å². The first kappa shape index (κ1) is 13.2. The highest BCUT2D eigenvalue weighted by atomic mass is 15.4. The van der Waals surface area contributed by atoms with Crippen LogP contribution in [0.25, 0.3) is 5.78 Å². The van der Waals surface area contributed by atoms with Gasteiger partial charge in [0, 0.05) is 30.8 Å². The molecule has 4 heterocycles. The number of H-pyrrole nitrogens is 1. The second-order valence-corrected chi connectivity index (χ2v) is 5.79. The molecule has 8 heteroatoms. The van der Waals surface area contributed by atoms with Crippen LogP contribution >= 0.6 is 0 Å². The van der Waals surface area contributed by atoms with Crippen molar-refractivity contribution in [2.75, 3.05) is 18.0 Å². The second-order valence-electron chi connectivity index (χ2n) is 5.79. The van der Waals surface area contributed by atoms with Crippen LogP contribution in [0, 0.1) is 13.8 Å². The van der Waals surface area contributed by atoms with E-state index in [9.17, 15) is 0 Å². The Kier molecular flexibility index (Phi) is 3.02. The monoisotopic (exact) mass is 298 g/mol. The highest BCUT2D eigenvalue weighted by Crippen LogP contribution is 2.28. The van der Waals surface area contributed by atoms with Crippen LogP contribution in [0.3, 0.4) is 0 Å². The van der Waals surface area contributed by atoms with Crippen LogP contribution in [0.1, 0.15) is 36.1 Å². The average Bonchev–Trinajstić information content (AvgIpc) is 3.15. The lowest BCUT2D eigenvalue weighted by Crippen LogP contribution is -2.36. The minimum atomic E-state index is 0.339. The largest absolute Gasteiger partial charge is 0.356 e. The number of aromatic nitrogens is 7.